The van der Waals surface area contributed by atoms with Crippen molar-refractivity contribution in [1.82, 2.24) is 9.62 Å². The third-order valence-corrected chi connectivity index (χ3v) is 4.94. The summed E-state index contributed by atoms with van der Waals surface area (Å²) in [5.74, 6) is -0.539. The molecule has 1 unspecified atom stereocenters. The fourth-order valence-electron chi connectivity index (χ4n) is 2.54. The number of hydrogen-bond donors (Lipinski definition) is 1. The summed E-state index contributed by atoms with van der Waals surface area (Å²) in [5, 5.41) is 2.71. The number of nitrogens with one attached hydrogen (secondary N) is 1. The first-order chi connectivity index (χ1) is 10.9. The van der Waals surface area contributed by atoms with Crippen molar-refractivity contribution in [2.75, 3.05) is 26.0 Å². The van der Waals surface area contributed by atoms with Crippen molar-refractivity contribution in [3.05, 3.63) is 30.1 Å². The van der Waals surface area contributed by atoms with Gasteiger partial charge in [-0.15, -0.1) is 0 Å². The molecule has 1 heterocycles. The van der Waals surface area contributed by atoms with Crippen molar-refractivity contribution in [3.63, 3.8) is 0 Å². The largest absolute Gasteiger partial charge is 0.490 e. The Morgan fingerprint density at radius 1 is 1.43 bits per heavy atom. The van der Waals surface area contributed by atoms with E-state index < -0.39 is 21.9 Å². The number of ether oxygens (including phenoxy) is 1. The Morgan fingerprint density at radius 2 is 2.17 bits per heavy atom. The quantitative estimate of drug-likeness (QED) is 0.753. The molecule has 0 bridgehead atoms. The molecule has 2 rings (SSSR count). The topological polar surface area (TPSA) is 75.7 Å². The first-order valence-electron chi connectivity index (χ1n) is 7.51. The number of carbonyl (C=O) groups excluding carboxylic acids is 1. The SMILES string of the molecule is CS(=O)(=O)N1CCCC1C(=O)NCCCOc1ccccc1F. The van der Waals surface area contributed by atoms with Crippen LogP contribution in [0, 0.1) is 5.82 Å². The number of amides is 1. The van der Waals surface area contributed by atoms with Gasteiger partial charge in [0.25, 0.3) is 0 Å². The average molecular weight is 344 g/mol. The van der Waals surface area contributed by atoms with Gasteiger partial charge in [0.1, 0.15) is 6.04 Å². The van der Waals surface area contributed by atoms with E-state index in [1.165, 1.54) is 16.4 Å². The Labute approximate surface area is 135 Å². The molecule has 128 valence electrons. The highest BCUT2D eigenvalue weighted by molar-refractivity contribution is 7.88. The molecule has 1 atom stereocenters. The molecule has 1 N–H and O–H groups in total. The Kier molecular flexibility index (Phi) is 5.95. The van der Waals surface area contributed by atoms with Crippen LogP contribution in [-0.4, -0.2) is 50.6 Å². The van der Waals surface area contributed by atoms with Gasteiger partial charge in [0.05, 0.1) is 12.9 Å². The second-order valence-electron chi connectivity index (χ2n) is 5.46. The van der Waals surface area contributed by atoms with Gasteiger partial charge >= 0.3 is 0 Å². The molecule has 1 aliphatic heterocycles. The van der Waals surface area contributed by atoms with E-state index in [0.717, 1.165) is 6.26 Å². The standard InChI is InChI=1S/C15H21FN2O4S/c1-23(20,21)18-10-4-7-13(18)15(19)17-9-5-11-22-14-8-3-2-6-12(14)16/h2-3,6,8,13H,4-5,7,9-11H2,1H3,(H,17,19). The Hall–Kier alpha value is -1.67. The van der Waals surface area contributed by atoms with Gasteiger partial charge in [0.15, 0.2) is 11.6 Å². The molecule has 1 aromatic carbocycles. The normalized spacial score (nSPS) is 18.8. The van der Waals surface area contributed by atoms with Crippen LogP contribution in [0.5, 0.6) is 5.75 Å². The number of sulfonamides is 1. The van der Waals surface area contributed by atoms with Crippen molar-refractivity contribution in [2.45, 2.75) is 25.3 Å². The third-order valence-electron chi connectivity index (χ3n) is 3.65. The Balaban J connectivity index is 1.72. The molecular weight excluding hydrogens is 323 g/mol. The average Bonchev–Trinajstić information content (AvgIpc) is 2.98. The molecule has 1 fully saturated rings. The molecule has 0 aromatic heterocycles. The third kappa shape index (κ3) is 4.90. The van der Waals surface area contributed by atoms with Crippen LogP contribution in [0.1, 0.15) is 19.3 Å². The first-order valence-corrected chi connectivity index (χ1v) is 9.36. The molecule has 1 saturated heterocycles. The number of para-hydroxylation sites is 1. The molecule has 1 amide bonds. The summed E-state index contributed by atoms with van der Waals surface area (Å²) in [6.45, 7) is 0.996. The van der Waals surface area contributed by atoms with Gasteiger partial charge in [0, 0.05) is 13.1 Å². The zero-order chi connectivity index (χ0) is 16.9. The van der Waals surface area contributed by atoms with Crippen LogP contribution in [0.25, 0.3) is 0 Å². The van der Waals surface area contributed by atoms with Crippen LogP contribution in [0.15, 0.2) is 24.3 Å². The van der Waals surface area contributed by atoms with Crippen LogP contribution in [-0.2, 0) is 14.8 Å². The van der Waals surface area contributed by atoms with Gasteiger partial charge in [-0.05, 0) is 31.4 Å². The highest BCUT2D eigenvalue weighted by Crippen LogP contribution is 2.20. The van der Waals surface area contributed by atoms with Gasteiger partial charge in [-0.1, -0.05) is 12.1 Å². The molecule has 1 aromatic rings. The second kappa shape index (κ2) is 7.74. The summed E-state index contributed by atoms with van der Waals surface area (Å²) < 4.78 is 43.1. The van der Waals surface area contributed by atoms with Crippen LogP contribution in [0.2, 0.25) is 0 Å². The summed E-state index contributed by atoms with van der Waals surface area (Å²) in [5.41, 5.74) is 0. The lowest BCUT2D eigenvalue weighted by Crippen LogP contribution is -2.45. The molecular formula is C15H21FN2O4S. The molecule has 0 spiro atoms. The predicted octanol–water partition coefficient (Wildman–Crippen LogP) is 1.13. The number of rotatable bonds is 7. The lowest BCUT2D eigenvalue weighted by Gasteiger charge is -2.21. The highest BCUT2D eigenvalue weighted by atomic mass is 32.2. The van der Waals surface area contributed by atoms with Crippen LogP contribution in [0.3, 0.4) is 0 Å². The van der Waals surface area contributed by atoms with Crippen LogP contribution >= 0.6 is 0 Å². The molecule has 6 nitrogen and oxygen atoms in total. The number of nitrogens with zero attached hydrogens (tertiary/aromatic N) is 1. The van der Waals surface area contributed by atoms with Crippen molar-refractivity contribution in [1.29, 1.82) is 0 Å². The molecule has 1 aliphatic rings. The second-order valence-corrected chi connectivity index (χ2v) is 7.39. The zero-order valence-electron chi connectivity index (χ0n) is 13.0. The molecule has 8 heteroatoms. The maximum Gasteiger partial charge on any atom is 0.238 e. The minimum absolute atomic E-state index is 0.179. The molecule has 0 saturated carbocycles. The number of benzene rings is 1. The molecule has 0 aliphatic carbocycles. The molecule has 0 radical (unpaired) electrons. The first kappa shape index (κ1) is 17.7. The summed E-state index contributed by atoms with van der Waals surface area (Å²) in [6.07, 6.45) is 2.83. The van der Waals surface area contributed by atoms with Gasteiger partial charge in [-0.3, -0.25) is 4.79 Å². The smallest absolute Gasteiger partial charge is 0.238 e. The van der Waals surface area contributed by atoms with Crippen molar-refractivity contribution in [2.24, 2.45) is 0 Å². The van der Waals surface area contributed by atoms with Crippen LogP contribution < -0.4 is 10.1 Å². The van der Waals surface area contributed by atoms with Crippen molar-refractivity contribution >= 4 is 15.9 Å². The van der Waals surface area contributed by atoms with Gasteiger partial charge in [-0.2, -0.15) is 4.31 Å². The van der Waals surface area contributed by atoms with E-state index in [1.54, 1.807) is 12.1 Å². The van der Waals surface area contributed by atoms with Gasteiger partial charge in [-0.25, -0.2) is 12.8 Å². The Morgan fingerprint density at radius 3 is 2.87 bits per heavy atom. The number of hydrogen-bond acceptors (Lipinski definition) is 4. The van der Waals surface area contributed by atoms with Crippen molar-refractivity contribution < 1.29 is 22.3 Å². The van der Waals surface area contributed by atoms with E-state index in [1.807, 2.05) is 0 Å². The van der Waals surface area contributed by atoms with E-state index in [0.29, 0.717) is 32.4 Å². The summed E-state index contributed by atoms with van der Waals surface area (Å²) >= 11 is 0. The minimum atomic E-state index is -3.37. The highest BCUT2D eigenvalue weighted by Gasteiger charge is 2.36. The predicted molar refractivity (Wildman–Crippen MR) is 84.1 cm³/mol. The van der Waals surface area contributed by atoms with E-state index in [-0.39, 0.29) is 18.3 Å². The monoisotopic (exact) mass is 344 g/mol. The Bertz CT molecular complexity index is 651. The maximum absolute atomic E-state index is 13.3. The minimum Gasteiger partial charge on any atom is -0.490 e. The number of carbonyl (C=O) groups is 1. The fourth-order valence-corrected chi connectivity index (χ4v) is 3.67. The van der Waals surface area contributed by atoms with E-state index in [9.17, 15) is 17.6 Å². The van der Waals surface area contributed by atoms with Gasteiger partial charge in [0.2, 0.25) is 15.9 Å². The summed E-state index contributed by atoms with van der Waals surface area (Å²) in [7, 11) is -3.37. The van der Waals surface area contributed by atoms with E-state index in [4.69, 9.17) is 4.74 Å². The van der Waals surface area contributed by atoms with E-state index >= 15 is 0 Å². The van der Waals surface area contributed by atoms with Crippen LogP contribution in [0.4, 0.5) is 4.39 Å². The lowest BCUT2D eigenvalue weighted by atomic mass is 10.2. The number of halogens is 1. The maximum atomic E-state index is 13.3. The summed E-state index contributed by atoms with van der Waals surface area (Å²) in [6, 6.07) is 5.49. The molecule has 23 heavy (non-hydrogen) atoms. The van der Waals surface area contributed by atoms with E-state index in [2.05, 4.69) is 5.32 Å². The zero-order valence-corrected chi connectivity index (χ0v) is 13.8. The summed E-state index contributed by atoms with van der Waals surface area (Å²) in [4.78, 5) is 12.1. The lowest BCUT2D eigenvalue weighted by molar-refractivity contribution is -0.124. The van der Waals surface area contributed by atoms with Gasteiger partial charge < -0.3 is 10.1 Å². The fraction of sp³-hybridized carbons (Fsp3) is 0.533. The van der Waals surface area contributed by atoms with Crippen molar-refractivity contribution in [3.8, 4) is 5.75 Å².